The van der Waals surface area contributed by atoms with Crippen LogP contribution in [0.4, 0.5) is 0 Å². The average molecular weight is 484 g/mol. The first-order valence-electron chi connectivity index (χ1n) is 9.15. The van der Waals surface area contributed by atoms with E-state index < -0.39 is 5.97 Å². The Hall–Kier alpha value is -3.59. The van der Waals surface area contributed by atoms with Gasteiger partial charge in [-0.05, 0) is 30.3 Å². The molecule has 0 atom stereocenters. The summed E-state index contributed by atoms with van der Waals surface area (Å²) < 4.78 is 17.1. The largest absolute Gasteiger partial charge is 0.493 e. The van der Waals surface area contributed by atoms with Gasteiger partial charge in [-0.2, -0.15) is 5.10 Å². The van der Waals surface area contributed by atoms with Gasteiger partial charge in [0.2, 0.25) is 5.75 Å². The molecule has 2 aromatic heterocycles. The van der Waals surface area contributed by atoms with Crippen LogP contribution in [0.3, 0.4) is 0 Å². The van der Waals surface area contributed by atoms with Crippen LogP contribution >= 0.6 is 15.9 Å². The third-order valence-corrected chi connectivity index (χ3v) is 5.38. The number of benzene rings is 2. The van der Waals surface area contributed by atoms with Crippen molar-refractivity contribution in [2.75, 3.05) is 21.3 Å². The van der Waals surface area contributed by atoms with Crippen LogP contribution < -0.4 is 14.2 Å². The number of fused-ring (bicyclic) bond motifs is 1. The summed E-state index contributed by atoms with van der Waals surface area (Å²) in [6.07, 6.45) is 0. The number of halogens is 1. The Kier molecular flexibility index (Phi) is 5.51. The highest BCUT2D eigenvalue weighted by Crippen LogP contribution is 2.41. The van der Waals surface area contributed by atoms with E-state index in [1.165, 1.54) is 27.4 Å². The van der Waals surface area contributed by atoms with Crippen LogP contribution in [0.15, 0.2) is 46.9 Å². The van der Waals surface area contributed by atoms with Gasteiger partial charge in [0.25, 0.3) is 0 Å². The number of nitrogens with zero attached hydrogens (tertiary/aromatic N) is 2. The average Bonchev–Trinajstić information content (AvgIpc) is 3.21. The maximum Gasteiger partial charge on any atom is 0.336 e. The van der Waals surface area contributed by atoms with Gasteiger partial charge in [0.05, 0.1) is 43.7 Å². The number of carboxylic acid groups (broad SMARTS) is 1. The zero-order valence-corrected chi connectivity index (χ0v) is 18.5. The maximum atomic E-state index is 12.1. The van der Waals surface area contributed by atoms with E-state index in [2.05, 4.69) is 31.1 Å². The fourth-order valence-electron chi connectivity index (χ4n) is 3.39. The highest BCUT2D eigenvalue weighted by Gasteiger charge is 2.21. The molecular formula is C22H18BrN3O5. The van der Waals surface area contributed by atoms with Crippen molar-refractivity contribution < 1.29 is 24.1 Å². The number of aromatic carboxylic acids is 1. The Morgan fingerprint density at radius 1 is 0.968 bits per heavy atom. The van der Waals surface area contributed by atoms with Gasteiger partial charge < -0.3 is 19.3 Å². The Labute approximate surface area is 185 Å². The number of H-pyrrole nitrogens is 1. The predicted octanol–water partition coefficient (Wildman–Crippen LogP) is 4.78. The van der Waals surface area contributed by atoms with Crippen molar-refractivity contribution in [1.29, 1.82) is 0 Å². The Morgan fingerprint density at radius 3 is 2.16 bits per heavy atom. The van der Waals surface area contributed by atoms with Gasteiger partial charge in [-0.3, -0.25) is 5.10 Å². The monoisotopic (exact) mass is 483 g/mol. The molecule has 0 aliphatic rings. The van der Waals surface area contributed by atoms with E-state index in [1.54, 1.807) is 12.1 Å². The molecule has 0 saturated heterocycles. The van der Waals surface area contributed by atoms with E-state index in [1.807, 2.05) is 24.3 Å². The van der Waals surface area contributed by atoms with Crippen LogP contribution in [-0.4, -0.2) is 47.6 Å². The lowest BCUT2D eigenvalue weighted by Gasteiger charge is -2.14. The van der Waals surface area contributed by atoms with E-state index in [9.17, 15) is 9.90 Å². The minimum atomic E-state index is -1.08. The number of carboxylic acids is 1. The standard InChI is InChI=1S/C22H18BrN3O5/c1-29-16-8-12(9-17(30-2)20(16)31-3)15-10-14(22(27)28)18-19(25-26-21(18)24-15)11-4-6-13(23)7-5-11/h4-10H,1-3H3,(H,27,28)(H,24,25,26). The van der Waals surface area contributed by atoms with Gasteiger partial charge >= 0.3 is 5.97 Å². The highest BCUT2D eigenvalue weighted by molar-refractivity contribution is 9.10. The number of hydrogen-bond acceptors (Lipinski definition) is 6. The smallest absolute Gasteiger partial charge is 0.336 e. The predicted molar refractivity (Wildman–Crippen MR) is 119 cm³/mol. The molecule has 4 rings (SSSR count). The second-order valence-electron chi connectivity index (χ2n) is 6.58. The number of hydrogen-bond donors (Lipinski definition) is 2. The van der Waals surface area contributed by atoms with E-state index in [0.717, 1.165) is 10.0 Å². The van der Waals surface area contributed by atoms with Gasteiger partial charge in [0.1, 0.15) is 0 Å². The first kappa shape index (κ1) is 20.7. The van der Waals surface area contributed by atoms with Crippen LogP contribution in [-0.2, 0) is 0 Å². The molecule has 0 amide bonds. The molecule has 0 radical (unpaired) electrons. The topological polar surface area (TPSA) is 107 Å². The van der Waals surface area contributed by atoms with E-state index in [4.69, 9.17) is 14.2 Å². The van der Waals surface area contributed by atoms with Gasteiger partial charge in [-0.1, -0.05) is 28.1 Å². The van der Waals surface area contributed by atoms with Crippen molar-refractivity contribution in [3.63, 3.8) is 0 Å². The molecule has 2 heterocycles. The fourth-order valence-corrected chi connectivity index (χ4v) is 3.66. The van der Waals surface area contributed by atoms with Crippen molar-refractivity contribution in [3.05, 3.63) is 52.5 Å². The minimum absolute atomic E-state index is 0.0837. The number of methoxy groups -OCH3 is 3. The molecule has 2 aromatic carbocycles. The number of aromatic nitrogens is 3. The van der Waals surface area contributed by atoms with Gasteiger partial charge in [-0.15, -0.1) is 0 Å². The van der Waals surface area contributed by atoms with Crippen LogP contribution in [0.25, 0.3) is 33.5 Å². The lowest BCUT2D eigenvalue weighted by atomic mass is 10.0. The summed E-state index contributed by atoms with van der Waals surface area (Å²) in [5.74, 6) is 0.229. The minimum Gasteiger partial charge on any atom is -0.493 e. The number of ether oxygens (including phenoxy) is 3. The van der Waals surface area contributed by atoms with Crippen LogP contribution in [0, 0.1) is 0 Å². The molecule has 8 nitrogen and oxygen atoms in total. The van der Waals surface area contributed by atoms with Gasteiger partial charge in [0, 0.05) is 15.6 Å². The first-order chi connectivity index (χ1) is 15.0. The van der Waals surface area contributed by atoms with E-state index in [-0.39, 0.29) is 5.56 Å². The second kappa shape index (κ2) is 8.27. The number of rotatable bonds is 6. The van der Waals surface area contributed by atoms with Crippen molar-refractivity contribution in [2.24, 2.45) is 0 Å². The first-order valence-corrected chi connectivity index (χ1v) is 9.94. The molecular weight excluding hydrogens is 466 g/mol. The number of aromatic amines is 1. The second-order valence-corrected chi connectivity index (χ2v) is 7.49. The summed E-state index contributed by atoms with van der Waals surface area (Å²) in [6, 6.07) is 12.4. The Balaban J connectivity index is 1.94. The van der Waals surface area contributed by atoms with Gasteiger partial charge in [-0.25, -0.2) is 9.78 Å². The molecule has 2 N–H and O–H groups in total. The zero-order valence-electron chi connectivity index (χ0n) is 16.9. The van der Waals surface area contributed by atoms with Crippen LogP contribution in [0.5, 0.6) is 17.2 Å². The molecule has 0 unspecified atom stereocenters. The van der Waals surface area contributed by atoms with Crippen molar-refractivity contribution in [2.45, 2.75) is 0 Å². The molecule has 4 aromatic rings. The molecule has 158 valence electrons. The third-order valence-electron chi connectivity index (χ3n) is 4.85. The molecule has 9 heteroatoms. The molecule has 0 aliphatic carbocycles. The zero-order chi connectivity index (χ0) is 22.1. The Bertz CT molecular complexity index is 1260. The normalized spacial score (nSPS) is 10.8. The van der Waals surface area contributed by atoms with E-state index >= 15 is 0 Å². The molecule has 0 spiro atoms. The van der Waals surface area contributed by atoms with Crippen molar-refractivity contribution in [1.82, 2.24) is 15.2 Å². The lowest BCUT2D eigenvalue weighted by Crippen LogP contribution is -2.01. The summed E-state index contributed by atoms with van der Waals surface area (Å²) >= 11 is 3.40. The van der Waals surface area contributed by atoms with Crippen molar-refractivity contribution >= 4 is 32.9 Å². The summed E-state index contributed by atoms with van der Waals surface area (Å²) in [4.78, 5) is 16.7. The van der Waals surface area contributed by atoms with E-state index in [0.29, 0.717) is 45.2 Å². The molecule has 31 heavy (non-hydrogen) atoms. The summed E-state index contributed by atoms with van der Waals surface area (Å²) in [6.45, 7) is 0. The molecule has 0 saturated carbocycles. The summed E-state index contributed by atoms with van der Waals surface area (Å²) in [7, 11) is 4.54. The van der Waals surface area contributed by atoms with Crippen molar-refractivity contribution in [3.8, 4) is 39.8 Å². The third kappa shape index (κ3) is 3.68. The lowest BCUT2D eigenvalue weighted by molar-refractivity contribution is 0.0699. The summed E-state index contributed by atoms with van der Waals surface area (Å²) in [5.41, 5.74) is 2.78. The molecule has 0 fully saturated rings. The Morgan fingerprint density at radius 2 is 1.61 bits per heavy atom. The highest BCUT2D eigenvalue weighted by atomic mass is 79.9. The quantitative estimate of drug-likeness (QED) is 0.406. The van der Waals surface area contributed by atoms with Crippen LogP contribution in [0.2, 0.25) is 0 Å². The maximum absolute atomic E-state index is 12.1. The fraction of sp³-hybridized carbons (Fsp3) is 0.136. The van der Waals surface area contributed by atoms with Crippen LogP contribution in [0.1, 0.15) is 10.4 Å². The number of carbonyl (C=O) groups is 1. The SMILES string of the molecule is COc1cc(-c2cc(C(=O)O)c3c(-c4ccc(Br)cc4)[nH]nc3n2)cc(OC)c1OC. The number of pyridine rings is 1. The number of nitrogens with one attached hydrogen (secondary N) is 1. The molecule has 0 bridgehead atoms. The summed E-state index contributed by atoms with van der Waals surface area (Å²) in [5, 5.41) is 17.6. The van der Waals surface area contributed by atoms with Gasteiger partial charge in [0.15, 0.2) is 17.1 Å². The molecule has 0 aliphatic heterocycles.